The van der Waals surface area contributed by atoms with Crippen LogP contribution in [0.15, 0.2) is 59.0 Å². The Morgan fingerprint density at radius 3 is 2.42 bits per heavy atom. The van der Waals surface area contributed by atoms with Gasteiger partial charge in [-0.25, -0.2) is 12.8 Å². The number of carbonyl (C=O) groups excluding carboxylic acids is 1. The van der Waals surface area contributed by atoms with Gasteiger partial charge in [0.15, 0.2) is 0 Å². The van der Waals surface area contributed by atoms with Gasteiger partial charge in [0, 0.05) is 24.1 Å². The van der Waals surface area contributed by atoms with Gasteiger partial charge in [-0.15, -0.1) is 0 Å². The Bertz CT molecular complexity index is 2280. The van der Waals surface area contributed by atoms with Crippen molar-refractivity contribution in [2.75, 3.05) is 17.6 Å². The summed E-state index contributed by atoms with van der Waals surface area (Å²) in [6, 6.07) is 12.5. The summed E-state index contributed by atoms with van der Waals surface area (Å²) in [6.07, 6.45) is -0.504. The van der Waals surface area contributed by atoms with E-state index < -0.39 is 52.8 Å². The molecule has 1 aromatic heterocycles. The molecule has 8 nitrogen and oxygen atoms in total. The summed E-state index contributed by atoms with van der Waals surface area (Å²) in [7, 11) is -3.78. The monoisotopic (exact) mass is 736 g/mol. The minimum Gasteiger partial charge on any atom is -0.455 e. The van der Waals surface area contributed by atoms with E-state index in [-0.39, 0.29) is 62.9 Å². The van der Waals surface area contributed by atoms with Crippen molar-refractivity contribution in [2.24, 2.45) is 23.2 Å². The summed E-state index contributed by atoms with van der Waals surface area (Å²) in [4.78, 5) is 13.2. The Balaban J connectivity index is 1.10. The molecule has 4 saturated carbocycles. The summed E-state index contributed by atoms with van der Waals surface area (Å²) in [5, 5.41) is 3.06. The van der Waals surface area contributed by atoms with E-state index in [1.807, 2.05) is 6.92 Å². The molecule has 6 atom stereocenters. The number of benzene rings is 3. The van der Waals surface area contributed by atoms with Gasteiger partial charge in [-0.05, 0) is 115 Å². The van der Waals surface area contributed by atoms with Crippen molar-refractivity contribution in [3.05, 3.63) is 82.7 Å². The average molecular weight is 737 g/mol. The second kappa shape index (κ2) is 11.1. The van der Waals surface area contributed by atoms with Crippen molar-refractivity contribution in [2.45, 2.75) is 69.9 Å². The van der Waals surface area contributed by atoms with Gasteiger partial charge in [0.1, 0.15) is 17.2 Å². The third-order valence-electron chi connectivity index (χ3n) is 12.8. The number of anilines is 1. The first kappa shape index (κ1) is 33.9. The maximum absolute atomic E-state index is 14.8. The van der Waals surface area contributed by atoms with Crippen molar-refractivity contribution >= 4 is 45.2 Å². The number of rotatable bonds is 8. The first-order valence-corrected chi connectivity index (χ1v) is 19.5. The van der Waals surface area contributed by atoms with Gasteiger partial charge in [-0.2, -0.15) is 13.2 Å². The molecule has 1 saturated heterocycles. The SMILES string of the molecule is CNC(=O)c1c(-c2ccc(F)cc2)oc2cc(N(Cc3ccc(B4OC5C6CC7C[C@H]([C@@]76C)[C@@]5(C)O4)c(C(F)(F)F)c3)S(C)(=O)=O)c(C3CC3)cc12. The number of sulfonamides is 1. The van der Waals surface area contributed by atoms with E-state index in [9.17, 15) is 30.8 Å². The first-order valence-electron chi connectivity index (χ1n) is 17.6. The zero-order valence-corrected chi connectivity index (χ0v) is 29.8. The highest BCUT2D eigenvalue weighted by Gasteiger charge is 2.80. The highest BCUT2D eigenvalue weighted by molar-refractivity contribution is 7.92. The second-order valence-electron chi connectivity index (χ2n) is 15.6. The van der Waals surface area contributed by atoms with Crippen molar-refractivity contribution in [3.8, 4) is 11.3 Å². The molecule has 3 unspecified atom stereocenters. The van der Waals surface area contributed by atoms with Crippen LogP contribution >= 0.6 is 0 Å². The number of nitrogens with one attached hydrogen (secondary N) is 1. The van der Waals surface area contributed by atoms with Crippen molar-refractivity contribution in [3.63, 3.8) is 0 Å². The van der Waals surface area contributed by atoms with Crippen LogP contribution in [-0.4, -0.2) is 46.5 Å². The van der Waals surface area contributed by atoms with Crippen molar-refractivity contribution in [1.82, 2.24) is 5.32 Å². The minimum atomic E-state index is -4.77. The number of furan rings is 1. The van der Waals surface area contributed by atoms with Gasteiger partial charge in [0.25, 0.3) is 5.91 Å². The van der Waals surface area contributed by atoms with E-state index in [0.29, 0.717) is 22.4 Å². The van der Waals surface area contributed by atoms with E-state index in [2.05, 4.69) is 12.2 Å². The van der Waals surface area contributed by atoms with Crippen LogP contribution in [0.25, 0.3) is 22.3 Å². The number of nitrogens with zero attached hydrogens (tertiary/aromatic N) is 1. The fourth-order valence-corrected chi connectivity index (χ4v) is 10.9. The lowest BCUT2D eigenvalue weighted by Gasteiger charge is -2.64. The summed E-state index contributed by atoms with van der Waals surface area (Å²) < 4.78 is 105. The van der Waals surface area contributed by atoms with E-state index in [1.165, 1.54) is 49.5 Å². The third-order valence-corrected chi connectivity index (χ3v) is 14.0. The number of carbonyl (C=O) groups is 1. The summed E-state index contributed by atoms with van der Waals surface area (Å²) in [6.45, 7) is 3.83. The maximum atomic E-state index is 14.8. The maximum Gasteiger partial charge on any atom is 0.495 e. The summed E-state index contributed by atoms with van der Waals surface area (Å²) >= 11 is 0. The van der Waals surface area contributed by atoms with Gasteiger partial charge in [0.05, 0.1) is 41.3 Å². The molecule has 0 bridgehead atoms. The molecule has 0 spiro atoms. The molecule has 1 N–H and O–H groups in total. The normalized spacial score (nSPS) is 29.0. The van der Waals surface area contributed by atoms with Crippen molar-refractivity contribution in [1.29, 1.82) is 0 Å². The lowest BCUT2D eigenvalue weighted by molar-refractivity contribution is -0.175. The Hall–Kier alpha value is -3.88. The fraction of sp³-hybridized carbons (Fsp3) is 0.447. The zero-order valence-electron chi connectivity index (χ0n) is 29.0. The topological polar surface area (TPSA) is 98.1 Å². The van der Waals surface area contributed by atoms with Gasteiger partial charge in [-0.1, -0.05) is 19.1 Å². The van der Waals surface area contributed by atoms with Crippen LogP contribution < -0.4 is 15.1 Å². The van der Waals surface area contributed by atoms with E-state index >= 15 is 0 Å². The van der Waals surface area contributed by atoms with Crippen LogP contribution in [0, 0.1) is 29.0 Å². The molecule has 5 aliphatic rings. The number of alkyl halides is 3. The van der Waals surface area contributed by atoms with Crippen LogP contribution in [0.4, 0.5) is 23.2 Å². The minimum absolute atomic E-state index is 0.0283. The zero-order chi connectivity index (χ0) is 36.7. The van der Waals surface area contributed by atoms with Crippen molar-refractivity contribution < 1.29 is 44.5 Å². The highest BCUT2D eigenvalue weighted by atomic mass is 32.2. The molecule has 0 radical (unpaired) electrons. The van der Waals surface area contributed by atoms with Crippen LogP contribution in [0.3, 0.4) is 0 Å². The van der Waals surface area contributed by atoms with Gasteiger partial charge in [-0.3, -0.25) is 9.10 Å². The summed E-state index contributed by atoms with van der Waals surface area (Å²) in [5.74, 6) is 0.359. The van der Waals surface area contributed by atoms with E-state index in [4.69, 9.17) is 13.7 Å². The van der Waals surface area contributed by atoms with Crippen LogP contribution in [0.1, 0.15) is 72.5 Å². The molecular weight excluding hydrogens is 699 g/mol. The molecule has 272 valence electrons. The molecule has 5 fully saturated rings. The lowest BCUT2D eigenvalue weighted by Crippen LogP contribution is -2.60. The van der Waals surface area contributed by atoms with E-state index in [0.717, 1.165) is 42.3 Å². The first-order chi connectivity index (χ1) is 24.5. The van der Waals surface area contributed by atoms with E-state index in [1.54, 1.807) is 6.07 Å². The Morgan fingerprint density at radius 1 is 1.06 bits per heavy atom. The molecule has 1 aliphatic heterocycles. The predicted molar refractivity (Wildman–Crippen MR) is 187 cm³/mol. The summed E-state index contributed by atoms with van der Waals surface area (Å²) in [5.41, 5.74) is 0.271. The molecule has 9 rings (SSSR count). The van der Waals surface area contributed by atoms with Crippen LogP contribution in [0.5, 0.6) is 0 Å². The molecule has 4 aliphatic carbocycles. The highest BCUT2D eigenvalue weighted by Crippen LogP contribution is 2.78. The number of halogens is 4. The molecule has 14 heteroatoms. The molecular formula is C38H37BF4N2O6S. The molecule has 1 amide bonds. The quantitative estimate of drug-likeness (QED) is 0.155. The molecule has 52 heavy (non-hydrogen) atoms. The number of fused-ring (bicyclic) bond motifs is 4. The van der Waals surface area contributed by atoms with Crippen LogP contribution in [0.2, 0.25) is 0 Å². The molecule has 4 aromatic rings. The number of hydrogen-bond donors (Lipinski definition) is 1. The Kier molecular flexibility index (Phi) is 7.23. The van der Waals surface area contributed by atoms with Gasteiger partial charge in [0.2, 0.25) is 10.0 Å². The third kappa shape index (κ3) is 4.85. The standard InChI is InChI=1S/C38H37BF4N2O6S/c1-36-22-14-27(36)34-37(2,31(36)15-22)51-39(50-34)28-12-5-19(13-26(28)38(41,42)43)18-45(52(4,47)48)29-17-30-25(16-24(29)20-6-7-20)32(35(46)44-3)33(49-30)21-8-10-23(40)11-9-21/h5,8-13,16-17,20,22,27,31,34H,6-7,14-15,18H2,1-4H3,(H,44,46)/t22?,27?,31-,34?,36+,37-/m1/s1. The second-order valence-corrected chi connectivity index (χ2v) is 17.6. The predicted octanol–water partition coefficient (Wildman–Crippen LogP) is 7.01. The average Bonchev–Trinajstić information content (AvgIpc) is 3.80. The largest absolute Gasteiger partial charge is 0.495 e. The fourth-order valence-electron chi connectivity index (χ4n) is 9.98. The Labute approximate surface area is 299 Å². The molecule has 3 aromatic carbocycles. The number of amides is 1. The lowest BCUT2D eigenvalue weighted by atomic mass is 9.41. The van der Waals surface area contributed by atoms with Gasteiger partial charge < -0.3 is 19.0 Å². The van der Waals surface area contributed by atoms with Gasteiger partial charge >= 0.3 is 13.3 Å². The smallest absolute Gasteiger partial charge is 0.455 e. The molecule has 2 heterocycles. The Morgan fingerprint density at radius 2 is 1.79 bits per heavy atom. The number of hydrogen-bond acceptors (Lipinski definition) is 6. The van der Waals surface area contributed by atoms with Crippen LogP contribution in [-0.2, 0) is 32.1 Å².